The summed E-state index contributed by atoms with van der Waals surface area (Å²) in [5.41, 5.74) is 6.76. The number of piperidine rings is 1. The van der Waals surface area contributed by atoms with E-state index in [0.29, 0.717) is 25.4 Å². The fourth-order valence-corrected chi connectivity index (χ4v) is 3.79. The first kappa shape index (κ1) is 14.1. The molecule has 1 atom stereocenters. The molecule has 1 saturated heterocycles. The van der Waals surface area contributed by atoms with E-state index in [1.807, 2.05) is 0 Å². The van der Waals surface area contributed by atoms with E-state index >= 15 is 0 Å². The number of alkyl halides is 3. The Balaban J connectivity index is 1.78. The number of halogens is 3. The average Bonchev–Trinajstić information content (AvgIpc) is 3.17. The molecule has 1 aromatic rings. The highest BCUT2D eigenvalue weighted by molar-refractivity contribution is 7.15. The van der Waals surface area contributed by atoms with Crippen molar-refractivity contribution in [2.45, 2.75) is 44.3 Å². The molecule has 1 aliphatic carbocycles. The minimum absolute atomic E-state index is 0.0329. The summed E-state index contributed by atoms with van der Waals surface area (Å²) in [7, 11) is 0. The van der Waals surface area contributed by atoms with E-state index in [9.17, 15) is 13.2 Å². The van der Waals surface area contributed by atoms with Crippen LogP contribution < -0.4 is 10.6 Å². The second-order valence-electron chi connectivity index (χ2n) is 5.61. The SMILES string of the molecule is NCc1sc(N2CCCC(C(F)(F)F)C2)nc1C1CC1. The fourth-order valence-electron chi connectivity index (χ4n) is 2.73. The quantitative estimate of drug-likeness (QED) is 0.932. The molecule has 0 bridgehead atoms. The van der Waals surface area contributed by atoms with Crippen molar-refractivity contribution in [2.24, 2.45) is 11.7 Å². The lowest BCUT2D eigenvalue weighted by Crippen LogP contribution is -2.41. The second kappa shape index (κ2) is 5.18. The van der Waals surface area contributed by atoms with Crippen molar-refractivity contribution < 1.29 is 13.2 Å². The van der Waals surface area contributed by atoms with Crippen molar-refractivity contribution in [2.75, 3.05) is 18.0 Å². The van der Waals surface area contributed by atoms with Crippen molar-refractivity contribution >= 4 is 16.5 Å². The average molecular weight is 305 g/mol. The van der Waals surface area contributed by atoms with Gasteiger partial charge in [-0.15, -0.1) is 11.3 Å². The van der Waals surface area contributed by atoms with Gasteiger partial charge in [-0.3, -0.25) is 0 Å². The zero-order chi connectivity index (χ0) is 14.3. The molecule has 2 N–H and O–H groups in total. The van der Waals surface area contributed by atoms with Gasteiger partial charge in [-0.25, -0.2) is 4.98 Å². The van der Waals surface area contributed by atoms with Gasteiger partial charge in [0.05, 0.1) is 11.6 Å². The topological polar surface area (TPSA) is 42.1 Å². The van der Waals surface area contributed by atoms with Crippen molar-refractivity contribution in [1.29, 1.82) is 0 Å². The number of nitrogens with two attached hydrogens (primary N) is 1. The van der Waals surface area contributed by atoms with Crippen LogP contribution >= 0.6 is 11.3 Å². The molecule has 2 heterocycles. The predicted molar refractivity (Wildman–Crippen MR) is 73.0 cm³/mol. The largest absolute Gasteiger partial charge is 0.393 e. The van der Waals surface area contributed by atoms with Gasteiger partial charge >= 0.3 is 6.18 Å². The van der Waals surface area contributed by atoms with Gasteiger partial charge in [-0.2, -0.15) is 13.2 Å². The standard InChI is InChI=1S/C13H18F3N3S/c14-13(15,16)9-2-1-5-19(7-9)12-18-11(8-3-4-8)10(6-17)20-12/h8-9H,1-7,17H2. The van der Waals surface area contributed by atoms with Crippen LogP contribution in [0.1, 0.15) is 42.2 Å². The highest BCUT2D eigenvalue weighted by Crippen LogP contribution is 2.45. The zero-order valence-corrected chi connectivity index (χ0v) is 11.9. The third kappa shape index (κ3) is 2.79. The second-order valence-corrected chi connectivity index (χ2v) is 6.67. The van der Waals surface area contributed by atoms with Crippen LogP contribution in [0.25, 0.3) is 0 Å². The van der Waals surface area contributed by atoms with Gasteiger partial charge in [0.15, 0.2) is 5.13 Å². The molecular weight excluding hydrogens is 287 g/mol. The smallest absolute Gasteiger partial charge is 0.347 e. The third-order valence-corrected chi connectivity index (χ3v) is 5.17. The van der Waals surface area contributed by atoms with E-state index in [4.69, 9.17) is 5.73 Å². The van der Waals surface area contributed by atoms with Crippen molar-refractivity contribution in [3.63, 3.8) is 0 Å². The first-order valence-corrected chi connectivity index (χ1v) is 7.82. The number of hydrogen-bond donors (Lipinski definition) is 1. The molecule has 1 aromatic heterocycles. The Morgan fingerprint density at radius 2 is 2.05 bits per heavy atom. The molecular formula is C13H18F3N3S. The molecule has 1 unspecified atom stereocenters. The normalized spacial score (nSPS) is 24.2. The summed E-state index contributed by atoms with van der Waals surface area (Å²) < 4.78 is 38.6. The lowest BCUT2D eigenvalue weighted by molar-refractivity contribution is -0.175. The van der Waals surface area contributed by atoms with Crippen LogP contribution in [0, 0.1) is 5.92 Å². The van der Waals surface area contributed by atoms with Gasteiger partial charge in [-0.1, -0.05) is 0 Å². The van der Waals surface area contributed by atoms with Gasteiger partial charge in [-0.05, 0) is 25.7 Å². The highest BCUT2D eigenvalue weighted by atomic mass is 32.1. The van der Waals surface area contributed by atoms with Crippen LogP contribution in [0.15, 0.2) is 0 Å². The Kier molecular flexibility index (Phi) is 3.66. The summed E-state index contributed by atoms with van der Waals surface area (Å²) >= 11 is 1.47. The summed E-state index contributed by atoms with van der Waals surface area (Å²) in [5.74, 6) is -0.743. The van der Waals surface area contributed by atoms with Crippen LogP contribution in [0.5, 0.6) is 0 Å². The summed E-state index contributed by atoms with van der Waals surface area (Å²) in [4.78, 5) is 7.41. The molecule has 2 fully saturated rings. The molecule has 0 spiro atoms. The fraction of sp³-hybridized carbons (Fsp3) is 0.769. The molecule has 0 radical (unpaired) electrons. The number of nitrogens with zero attached hydrogens (tertiary/aromatic N) is 2. The van der Waals surface area contributed by atoms with Gasteiger partial charge in [0, 0.05) is 30.4 Å². The predicted octanol–water partition coefficient (Wildman–Crippen LogP) is 3.26. The molecule has 2 aliphatic rings. The first-order valence-electron chi connectivity index (χ1n) is 7.00. The Bertz CT molecular complexity index is 482. The maximum atomic E-state index is 12.9. The minimum atomic E-state index is -4.11. The number of thiazole rings is 1. The molecule has 0 amide bonds. The summed E-state index contributed by atoms with van der Waals surface area (Å²) in [6.45, 7) is 1.12. The third-order valence-electron chi connectivity index (χ3n) is 4.02. The monoisotopic (exact) mass is 305 g/mol. The van der Waals surface area contributed by atoms with Crippen molar-refractivity contribution in [3.05, 3.63) is 10.6 Å². The van der Waals surface area contributed by atoms with Gasteiger partial charge in [0.1, 0.15) is 0 Å². The van der Waals surface area contributed by atoms with Crippen molar-refractivity contribution in [3.8, 4) is 0 Å². The number of aromatic nitrogens is 1. The molecule has 112 valence electrons. The Labute approximate surface area is 120 Å². The Morgan fingerprint density at radius 1 is 1.30 bits per heavy atom. The van der Waals surface area contributed by atoms with E-state index in [0.717, 1.165) is 28.5 Å². The van der Waals surface area contributed by atoms with Crippen molar-refractivity contribution in [1.82, 2.24) is 4.98 Å². The van der Waals surface area contributed by atoms with Crippen LogP contribution in [0.2, 0.25) is 0 Å². The number of anilines is 1. The van der Waals surface area contributed by atoms with E-state index in [1.54, 1.807) is 4.90 Å². The molecule has 7 heteroatoms. The van der Waals surface area contributed by atoms with Crippen LogP contribution in [-0.4, -0.2) is 24.2 Å². The molecule has 1 aliphatic heterocycles. The first-order chi connectivity index (χ1) is 9.49. The Morgan fingerprint density at radius 3 is 2.65 bits per heavy atom. The molecule has 3 nitrogen and oxygen atoms in total. The lowest BCUT2D eigenvalue weighted by atomic mass is 9.98. The molecule has 0 aromatic carbocycles. The van der Waals surface area contributed by atoms with Gasteiger partial charge in [0.25, 0.3) is 0 Å². The van der Waals surface area contributed by atoms with E-state index in [2.05, 4.69) is 4.98 Å². The molecule has 3 rings (SSSR count). The number of rotatable bonds is 3. The maximum Gasteiger partial charge on any atom is 0.393 e. The minimum Gasteiger partial charge on any atom is -0.347 e. The maximum absolute atomic E-state index is 12.9. The summed E-state index contributed by atoms with van der Waals surface area (Å²) in [6, 6.07) is 0. The van der Waals surface area contributed by atoms with Gasteiger partial charge < -0.3 is 10.6 Å². The van der Waals surface area contributed by atoms with E-state index < -0.39 is 12.1 Å². The van der Waals surface area contributed by atoms with Crippen LogP contribution in [0.4, 0.5) is 18.3 Å². The summed E-state index contributed by atoms with van der Waals surface area (Å²) in [6.07, 6.45) is -1.06. The lowest BCUT2D eigenvalue weighted by Gasteiger charge is -2.33. The number of hydrogen-bond acceptors (Lipinski definition) is 4. The summed E-state index contributed by atoms with van der Waals surface area (Å²) in [5, 5.41) is 0.723. The molecule has 20 heavy (non-hydrogen) atoms. The highest BCUT2D eigenvalue weighted by Gasteiger charge is 2.42. The van der Waals surface area contributed by atoms with E-state index in [-0.39, 0.29) is 13.0 Å². The zero-order valence-electron chi connectivity index (χ0n) is 11.1. The van der Waals surface area contributed by atoms with Crippen LogP contribution in [0.3, 0.4) is 0 Å². The van der Waals surface area contributed by atoms with E-state index in [1.165, 1.54) is 11.3 Å². The molecule has 1 saturated carbocycles. The Hall–Kier alpha value is -0.820. The van der Waals surface area contributed by atoms with Gasteiger partial charge in [0.2, 0.25) is 0 Å². The van der Waals surface area contributed by atoms with Crippen LogP contribution in [-0.2, 0) is 6.54 Å².